The molecule has 0 radical (unpaired) electrons. The molecule has 3 heterocycles. The van der Waals surface area contributed by atoms with E-state index in [0.717, 1.165) is 11.0 Å². The first-order valence-corrected chi connectivity index (χ1v) is 13.4. The average Bonchev–Trinajstić information content (AvgIpc) is 3.25. The Hall–Kier alpha value is -3.43. The Bertz CT molecular complexity index is 1280. The van der Waals surface area contributed by atoms with E-state index in [9.17, 15) is 19.7 Å². The van der Waals surface area contributed by atoms with E-state index in [1.54, 1.807) is 19.1 Å². The molecule has 0 aliphatic carbocycles. The van der Waals surface area contributed by atoms with Crippen molar-refractivity contribution in [3.05, 3.63) is 56.3 Å². The molecule has 2 amide bonds. The number of alkyl halides is 2. The summed E-state index contributed by atoms with van der Waals surface area (Å²) in [5, 5.41) is 17.4. The number of ether oxygens (including phenoxy) is 1. The molecule has 1 atom stereocenters. The van der Waals surface area contributed by atoms with Gasteiger partial charge in [0, 0.05) is 76.4 Å². The van der Waals surface area contributed by atoms with Crippen LogP contribution in [-0.4, -0.2) is 115 Å². The molecule has 1 aromatic carbocycles. The number of carbonyl (C=O) groups excluding carboxylic acids is 2. The second kappa shape index (κ2) is 12.4. The number of anilines is 2. The number of nitrogens with one attached hydrogen (secondary N) is 2. The molecule has 15 heteroatoms. The number of nitro groups is 1. The van der Waals surface area contributed by atoms with Gasteiger partial charge in [-0.25, -0.2) is 8.78 Å². The minimum Gasteiger partial charge on any atom is -0.387 e. The van der Waals surface area contributed by atoms with Crippen LogP contribution in [0.3, 0.4) is 0 Å². The predicted molar refractivity (Wildman–Crippen MR) is 147 cm³/mol. The summed E-state index contributed by atoms with van der Waals surface area (Å²) < 4.78 is 35.8. The fraction of sp³-hybridized carbons (Fsp3) is 0.480. The zero-order chi connectivity index (χ0) is 29.0. The molecule has 2 saturated heterocycles. The van der Waals surface area contributed by atoms with Gasteiger partial charge in [-0.15, -0.1) is 0 Å². The van der Waals surface area contributed by atoms with Crippen molar-refractivity contribution >= 4 is 44.8 Å². The summed E-state index contributed by atoms with van der Waals surface area (Å²) >= 11 is 3.21. The number of halogens is 3. The lowest BCUT2D eigenvalue weighted by Crippen LogP contribution is -2.49. The maximum Gasteiger partial charge on any atom is 0.294 e. The number of hydrogen-bond donors (Lipinski definition) is 2. The van der Waals surface area contributed by atoms with Gasteiger partial charge in [0.15, 0.2) is 0 Å². The molecule has 2 fully saturated rings. The van der Waals surface area contributed by atoms with Gasteiger partial charge in [0.05, 0.1) is 34.9 Å². The molecule has 40 heavy (non-hydrogen) atoms. The summed E-state index contributed by atoms with van der Waals surface area (Å²) in [6.45, 7) is 1.80. The number of piperazine rings is 1. The molecule has 0 spiro atoms. The number of carbonyl (C=O) groups is 2. The number of nitro benzene ring substituents is 1. The molecule has 1 aromatic heterocycles. The van der Waals surface area contributed by atoms with Crippen LogP contribution in [0, 0.1) is 10.1 Å². The number of likely N-dealkylation sites (tertiary alicyclic amines) is 1. The number of hydrogen-bond acceptors (Lipinski definition) is 9. The topological polar surface area (TPSA) is 133 Å². The monoisotopic (exact) mass is 625 g/mol. The highest BCUT2D eigenvalue weighted by Crippen LogP contribution is 2.38. The standard InChI is InChI=1S/C25H30BrF2N7O5/c1-29-18-9-16(12-30-13-18)23(36)34-14-21(25(27,28)15-34)31-22-19(10-17(26)11-20(22)35(38)39)24(37)33-5-3-32(4-6-33)7-8-40-2/h9-13,21,29,31H,3-8,14-15H2,1-2H3/t21-/m0/s1. The highest BCUT2D eigenvalue weighted by Gasteiger charge is 2.50. The summed E-state index contributed by atoms with van der Waals surface area (Å²) in [7, 11) is 3.25. The lowest BCUT2D eigenvalue weighted by atomic mass is 10.1. The summed E-state index contributed by atoms with van der Waals surface area (Å²) in [6.07, 6.45) is 2.78. The third-order valence-corrected chi connectivity index (χ3v) is 7.43. The third-order valence-electron chi connectivity index (χ3n) is 6.97. The van der Waals surface area contributed by atoms with Crippen LogP contribution in [0.5, 0.6) is 0 Å². The molecule has 0 saturated carbocycles. The fourth-order valence-electron chi connectivity index (χ4n) is 4.76. The van der Waals surface area contributed by atoms with E-state index in [1.807, 2.05) is 0 Å². The van der Waals surface area contributed by atoms with Gasteiger partial charge in [-0.3, -0.25) is 29.6 Å². The molecule has 12 nitrogen and oxygen atoms in total. The number of rotatable bonds is 9. The molecule has 0 bridgehead atoms. The second-order valence-corrected chi connectivity index (χ2v) is 10.5. The Morgan fingerprint density at radius 3 is 2.55 bits per heavy atom. The number of methoxy groups -OCH3 is 1. The van der Waals surface area contributed by atoms with Crippen molar-refractivity contribution < 1.29 is 28.0 Å². The summed E-state index contributed by atoms with van der Waals surface area (Å²) in [5.74, 6) is -4.60. The number of amides is 2. The number of benzene rings is 1. The van der Waals surface area contributed by atoms with Crippen molar-refractivity contribution in [2.75, 3.05) is 77.2 Å². The van der Waals surface area contributed by atoms with Crippen LogP contribution in [0.25, 0.3) is 0 Å². The minimum atomic E-state index is -3.43. The predicted octanol–water partition coefficient (Wildman–Crippen LogP) is 2.77. The number of pyridine rings is 1. The summed E-state index contributed by atoms with van der Waals surface area (Å²) in [6, 6.07) is 2.38. The van der Waals surface area contributed by atoms with E-state index >= 15 is 8.78 Å². The molecular formula is C25H30BrF2N7O5. The van der Waals surface area contributed by atoms with Gasteiger partial charge in [0.2, 0.25) is 0 Å². The van der Waals surface area contributed by atoms with E-state index in [0.29, 0.717) is 45.0 Å². The first-order chi connectivity index (χ1) is 19.0. The Balaban J connectivity index is 1.59. The van der Waals surface area contributed by atoms with Gasteiger partial charge in [-0.1, -0.05) is 15.9 Å². The van der Waals surface area contributed by atoms with Gasteiger partial charge >= 0.3 is 0 Å². The number of nitrogens with zero attached hydrogens (tertiary/aromatic N) is 5. The smallest absolute Gasteiger partial charge is 0.294 e. The summed E-state index contributed by atoms with van der Waals surface area (Å²) in [4.78, 5) is 46.4. The Kier molecular flexibility index (Phi) is 9.15. The first kappa shape index (κ1) is 29.6. The van der Waals surface area contributed by atoms with E-state index in [1.165, 1.54) is 24.5 Å². The van der Waals surface area contributed by atoms with Gasteiger partial charge in [-0.2, -0.15) is 0 Å². The van der Waals surface area contributed by atoms with E-state index in [-0.39, 0.29) is 21.3 Å². The van der Waals surface area contributed by atoms with Crippen LogP contribution >= 0.6 is 15.9 Å². The quantitative estimate of drug-likeness (QED) is 0.319. The molecule has 216 valence electrons. The van der Waals surface area contributed by atoms with Crippen molar-refractivity contribution in [2.45, 2.75) is 12.0 Å². The maximum atomic E-state index is 15.2. The van der Waals surface area contributed by atoms with Crippen LogP contribution in [-0.2, 0) is 4.74 Å². The molecular weight excluding hydrogens is 596 g/mol. The SMILES string of the molecule is CNc1cncc(C(=O)N2C[C@H](Nc3c(C(=O)N4CCN(CCOC)CC4)cc(Br)cc3[N+](=O)[O-])C(F)(F)C2)c1. The van der Waals surface area contributed by atoms with Crippen molar-refractivity contribution in [1.82, 2.24) is 19.7 Å². The molecule has 0 unspecified atom stereocenters. The molecule has 2 aliphatic rings. The second-order valence-electron chi connectivity index (χ2n) is 9.59. The Morgan fingerprint density at radius 1 is 1.18 bits per heavy atom. The molecule has 2 N–H and O–H groups in total. The van der Waals surface area contributed by atoms with Crippen molar-refractivity contribution in [3.8, 4) is 0 Å². The Morgan fingerprint density at radius 2 is 1.90 bits per heavy atom. The van der Waals surface area contributed by atoms with Gasteiger partial charge in [-0.05, 0) is 12.1 Å². The maximum absolute atomic E-state index is 15.2. The average molecular weight is 626 g/mol. The third kappa shape index (κ3) is 6.47. The van der Waals surface area contributed by atoms with Crippen LogP contribution < -0.4 is 10.6 Å². The van der Waals surface area contributed by atoms with Crippen molar-refractivity contribution in [2.24, 2.45) is 0 Å². The van der Waals surface area contributed by atoms with Crippen LogP contribution in [0.4, 0.5) is 25.8 Å². The molecule has 4 rings (SSSR count). The first-order valence-electron chi connectivity index (χ1n) is 12.6. The summed E-state index contributed by atoms with van der Waals surface area (Å²) in [5.41, 5.74) is -0.267. The minimum absolute atomic E-state index is 0.0992. The Labute approximate surface area is 237 Å². The normalized spacial score (nSPS) is 19.0. The van der Waals surface area contributed by atoms with E-state index < -0.39 is 47.5 Å². The van der Waals surface area contributed by atoms with Gasteiger partial charge in [0.1, 0.15) is 11.7 Å². The van der Waals surface area contributed by atoms with Crippen molar-refractivity contribution in [1.29, 1.82) is 0 Å². The van der Waals surface area contributed by atoms with Crippen LogP contribution in [0.15, 0.2) is 35.1 Å². The van der Waals surface area contributed by atoms with Crippen molar-refractivity contribution in [3.63, 3.8) is 0 Å². The van der Waals surface area contributed by atoms with Gasteiger partial charge in [0.25, 0.3) is 23.4 Å². The fourth-order valence-corrected chi connectivity index (χ4v) is 5.21. The largest absolute Gasteiger partial charge is 0.387 e. The van der Waals surface area contributed by atoms with Crippen LogP contribution in [0.1, 0.15) is 20.7 Å². The van der Waals surface area contributed by atoms with Gasteiger partial charge < -0.3 is 25.2 Å². The highest BCUT2D eigenvalue weighted by molar-refractivity contribution is 9.10. The highest BCUT2D eigenvalue weighted by atomic mass is 79.9. The zero-order valence-corrected chi connectivity index (χ0v) is 23.6. The molecule has 2 aromatic rings. The van der Waals surface area contributed by atoms with E-state index in [2.05, 4.69) is 36.4 Å². The lowest BCUT2D eigenvalue weighted by molar-refractivity contribution is -0.384. The lowest BCUT2D eigenvalue weighted by Gasteiger charge is -2.35. The molecule has 2 aliphatic heterocycles. The zero-order valence-electron chi connectivity index (χ0n) is 22.0. The number of aromatic nitrogens is 1. The van der Waals surface area contributed by atoms with Crippen LogP contribution in [0.2, 0.25) is 0 Å². The van der Waals surface area contributed by atoms with E-state index in [4.69, 9.17) is 4.74 Å².